The van der Waals surface area contributed by atoms with E-state index in [0.717, 1.165) is 32.1 Å². The Balaban J connectivity index is 0. The Morgan fingerprint density at radius 1 is 0.720 bits per heavy atom. The van der Waals surface area contributed by atoms with Gasteiger partial charge in [0.05, 0.1) is 19.3 Å². The molecule has 4 N–H and O–H groups in total. The fourth-order valence-electron chi connectivity index (χ4n) is 2.72. The lowest BCUT2D eigenvalue weighted by molar-refractivity contribution is -0.137. The van der Waals surface area contributed by atoms with Gasteiger partial charge in [0, 0.05) is 6.42 Å². The predicted molar refractivity (Wildman–Crippen MR) is 103 cm³/mol. The van der Waals surface area contributed by atoms with Gasteiger partial charge >= 0.3 is 5.97 Å². The van der Waals surface area contributed by atoms with Gasteiger partial charge in [0.1, 0.15) is 0 Å². The van der Waals surface area contributed by atoms with E-state index in [-0.39, 0.29) is 19.3 Å². The first kappa shape index (κ1) is 26.6. The number of aliphatic hydroxyl groups is 3. The third-order valence-corrected chi connectivity index (χ3v) is 4.15. The highest BCUT2D eigenvalue weighted by molar-refractivity contribution is 5.66. The highest BCUT2D eigenvalue weighted by Crippen LogP contribution is 2.13. The van der Waals surface area contributed by atoms with E-state index in [9.17, 15) is 9.90 Å². The van der Waals surface area contributed by atoms with Crippen LogP contribution in [0, 0.1) is 0 Å². The second-order valence-corrected chi connectivity index (χ2v) is 6.71. The van der Waals surface area contributed by atoms with E-state index in [4.69, 9.17) is 15.3 Å². The van der Waals surface area contributed by atoms with Crippen LogP contribution in [0.15, 0.2) is 0 Å². The molecule has 0 aromatic rings. The van der Waals surface area contributed by atoms with Crippen molar-refractivity contribution in [2.75, 3.05) is 13.2 Å². The first-order valence-corrected chi connectivity index (χ1v) is 10.2. The Kier molecular flexibility index (Phi) is 24.8. The molecule has 0 bridgehead atoms. The van der Waals surface area contributed by atoms with Gasteiger partial charge in [-0.25, -0.2) is 0 Å². The number of hydrogen-bond donors (Lipinski definition) is 4. The van der Waals surface area contributed by atoms with Crippen LogP contribution in [0.3, 0.4) is 0 Å². The first-order valence-electron chi connectivity index (χ1n) is 10.2. The standard InChI is InChI=1S/C18H36O3.C2H6O2/c1-2-14-17(19)15-12-10-8-6-4-3-5-7-9-11-13-16-18(20)21;3-1-2-4/h17,19H,2-16H2,1H3,(H,20,21);3-4H,1-2H2. The summed E-state index contributed by atoms with van der Waals surface area (Å²) in [6, 6.07) is 0. The van der Waals surface area contributed by atoms with Crippen molar-refractivity contribution in [3.05, 3.63) is 0 Å². The third-order valence-electron chi connectivity index (χ3n) is 4.15. The zero-order chi connectivity index (χ0) is 19.2. The summed E-state index contributed by atoms with van der Waals surface area (Å²) < 4.78 is 0. The van der Waals surface area contributed by atoms with Crippen LogP contribution in [0.25, 0.3) is 0 Å². The van der Waals surface area contributed by atoms with Crippen LogP contribution in [-0.4, -0.2) is 45.7 Å². The second-order valence-electron chi connectivity index (χ2n) is 6.71. The highest BCUT2D eigenvalue weighted by atomic mass is 16.4. The highest BCUT2D eigenvalue weighted by Gasteiger charge is 2.01. The lowest BCUT2D eigenvalue weighted by atomic mass is 10.0. The number of unbranched alkanes of at least 4 members (excludes halogenated alkanes) is 10. The Morgan fingerprint density at radius 2 is 1.12 bits per heavy atom. The maximum Gasteiger partial charge on any atom is 0.303 e. The minimum absolute atomic E-state index is 0.0730. The zero-order valence-electron chi connectivity index (χ0n) is 16.3. The number of aliphatic carboxylic acids is 1. The van der Waals surface area contributed by atoms with Crippen LogP contribution in [0.2, 0.25) is 0 Å². The van der Waals surface area contributed by atoms with E-state index in [0.29, 0.717) is 6.42 Å². The number of carboxylic acids is 1. The fraction of sp³-hybridized carbons (Fsp3) is 0.950. The number of aliphatic hydroxyl groups excluding tert-OH is 3. The Bertz CT molecular complexity index is 256. The van der Waals surface area contributed by atoms with Crippen molar-refractivity contribution in [3.63, 3.8) is 0 Å². The van der Waals surface area contributed by atoms with Crippen LogP contribution in [-0.2, 0) is 4.79 Å². The molecule has 0 fully saturated rings. The van der Waals surface area contributed by atoms with E-state index in [1.807, 2.05) is 0 Å². The third kappa shape index (κ3) is 28.4. The molecule has 0 radical (unpaired) electrons. The number of carbonyl (C=O) groups is 1. The van der Waals surface area contributed by atoms with Crippen molar-refractivity contribution in [3.8, 4) is 0 Å². The summed E-state index contributed by atoms with van der Waals surface area (Å²) in [6.45, 7) is 1.87. The molecule has 25 heavy (non-hydrogen) atoms. The molecule has 0 rings (SSSR count). The molecule has 1 unspecified atom stereocenters. The van der Waals surface area contributed by atoms with Crippen molar-refractivity contribution >= 4 is 5.97 Å². The molecule has 5 heteroatoms. The number of hydrogen-bond acceptors (Lipinski definition) is 4. The molecule has 0 amide bonds. The van der Waals surface area contributed by atoms with E-state index in [2.05, 4.69) is 6.92 Å². The largest absolute Gasteiger partial charge is 0.481 e. The maximum absolute atomic E-state index is 10.3. The molecule has 0 aromatic heterocycles. The number of rotatable bonds is 17. The van der Waals surface area contributed by atoms with E-state index in [1.54, 1.807) is 0 Å². The van der Waals surface area contributed by atoms with Gasteiger partial charge in [0.2, 0.25) is 0 Å². The average molecular weight is 363 g/mol. The molecular formula is C20H42O5. The second kappa shape index (κ2) is 23.4. The monoisotopic (exact) mass is 362 g/mol. The lowest BCUT2D eigenvalue weighted by Crippen LogP contribution is -2.04. The van der Waals surface area contributed by atoms with Gasteiger partial charge < -0.3 is 20.4 Å². The van der Waals surface area contributed by atoms with Gasteiger partial charge in [-0.2, -0.15) is 0 Å². The lowest BCUT2D eigenvalue weighted by Gasteiger charge is -2.08. The summed E-state index contributed by atoms with van der Waals surface area (Å²) in [5.74, 6) is -0.669. The molecule has 0 spiro atoms. The van der Waals surface area contributed by atoms with Gasteiger partial charge in [-0.05, 0) is 19.3 Å². The molecular weight excluding hydrogens is 320 g/mol. The quantitative estimate of drug-likeness (QED) is 0.290. The van der Waals surface area contributed by atoms with Crippen LogP contribution >= 0.6 is 0 Å². The van der Waals surface area contributed by atoms with Gasteiger partial charge in [-0.1, -0.05) is 77.6 Å². The molecule has 0 aliphatic heterocycles. The summed E-state index contributed by atoms with van der Waals surface area (Å²) in [4.78, 5) is 10.3. The molecule has 0 saturated carbocycles. The minimum atomic E-state index is -0.669. The summed E-state index contributed by atoms with van der Waals surface area (Å²) in [5, 5.41) is 33.4. The van der Waals surface area contributed by atoms with Crippen LogP contribution in [0.4, 0.5) is 0 Å². The molecule has 0 saturated heterocycles. The predicted octanol–water partition coefficient (Wildman–Crippen LogP) is 4.27. The van der Waals surface area contributed by atoms with E-state index in [1.165, 1.54) is 57.8 Å². The van der Waals surface area contributed by atoms with Crippen molar-refractivity contribution in [2.45, 2.75) is 109 Å². The summed E-state index contributed by atoms with van der Waals surface area (Å²) in [6.07, 6.45) is 16.6. The Labute approximate surface area is 154 Å². The van der Waals surface area contributed by atoms with Crippen LogP contribution < -0.4 is 0 Å². The van der Waals surface area contributed by atoms with Crippen molar-refractivity contribution in [1.29, 1.82) is 0 Å². The van der Waals surface area contributed by atoms with Crippen molar-refractivity contribution in [2.24, 2.45) is 0 Å². The molecule has 1 atom stereocenters. The molecule has 0 aliphatic carbocycles. The van der Waals surface area contributed by atoms with Crippen molar-refractivity contribution in [1.82, 2.24) is 0 Å². The van der Waals surface area contributed by atoms with Crippen LogP contribution in [0.5, 0.6) is 0 Å². The Morgan fingerprint density at radius 3 is 1.48 bits per heavy atom. The number of carboxylic acid groups (broad SMARTS) is 1. The SMILES string of the molecule is CCCC(O)CCCCCCCCCCCCCC(=O)O.OCCO. The first-order chi connectivity index (χ1) is 12.1. The van der Waals surface area contributed by atoms with E-state index < -0.39 is 5.97 Å². The van der Waals surface area contributed by atoms with Gasteiger partial charge in [0.25, 0.3) is 0 Å². The van der Waals surface area contributed by atoms with Gasteiger partial charge in [-0.15, -0.1) is 0 Å². The molecule has 0 aliphatic rings. The summed E-state index contributed by atoms with van der Waals surface area (Å²) in [7, 11) is 0. The normalized spacial score (nSPS) is 11.7. The Hall–Kier alpha value is -0.650. The van der Waals surface area contributed by atoms with Gasteiger partial charge in [-0.3, -0.25) is 4.79 Å². The molecule has 5 nitrogen and oxygen atoms in total. The summed E-state index contributed by atoms with van der Waals surface area (Å²) >= 11 is 0. The van der Waals surface area contributed by atoms with Crippen molar-refractivity contribution < 1.29 is 25.2 Å². The topological polar surface area (TPSA) is 98.0 Å². The summed E-state index contributed by atoms with van der Waals surface area (Å²) in [5.41, 5.74) is 0. The molecule has 0 aromatic carbocycles. The molecule has 152 valence electrons. The van der Waals surface area contributed by atoms with Gasteiger partial charge in [0.15, 0.2) is 0 Å². The maximum atomic E-state index is 10.3. The smallest absolute Gasteiger partial charge is 0.303 e. The molecule has 0 heterocycles. The zero-order valence-corrected chi connectivity index (χ0v) is 16.3. The van der Waals surface area contributed by atoms with Crippen LogP contribution in [0.1, 0.15) is 103 Å². The van der Waals surface area contributed by atoms with E-state index >= 15 is 0 Å². The minimum Gasteiger partial charge on any atom is -0.481 e. The fourth-order valence-corrected chi connectivity index (χ4v) is 2.72. The average Bonchev–Trinajstić information content (AvgIpc) is 2.59.